The maximum atomic E-state index is 12.3. The zero-order chi connectivity index (χ0) is 44.5. The van der Waals surface area contributed by atoms with Crippen molar-refractivity contribution in [3.8, 4) is 0 Å². The van der Waals surface area contributed by atoms with Crippen LogP contribution in [-0.2, 0) is 52.5 Å². The molecule has 2 atom stereocenters. The topological polar surface area (TPSA) is 271 Å². The van der Waals surface area contributed by atoms with E-state index in [0.717, 1.165) is 51.2 Å². The second-order valence-electron chi connectivity index (χ2n) is 15.3. The van der Waals surface area contributed by atoms with Gasteiger partial charge in [-0.2, -0.15) is 0 Å². The molecule has 0 unspecified atom stereocenters. The average molecular weight is 860 g/mol. The number of hydrogen-bond donors (Lipinski definition) is 7. The number of unbranched alkanes of at least 4 members (excludes halogenated alkanes) is 14. The lowest BCUT2D eigenvalue weighted by Gasteiger charge is -2.16. The molecule has 0 heterocycles. The van der Waals surface area contributed by atoms with Crippen molar-refractivity contribution in [3.05, 3.63) is 0 Å². The number of carbonyl (C=O) groups excluding carboxylic acids is 5. The van der Waals surface area contributed by atoms with E-state index in [1.807, 2.05) is 0 Å². The molecule has 18 nitrogen and oxygen atoms in total. The highest BCUT2D eigenvalue weighted by molar-refractivity contribution is 5.84. The Morgan fingerprint density at radius 1 is 0.533 bits per heavy atom. The number of aliphatic carboxylic acids is 2. The summed E-state index contributed by atoms with van der Waals surface area (Å²) < 4.78 is 21.3. The normalized spacial score (nSPS) is 12.6. The first-order chi connectivity index (χ1) is 28.9. The Balaban J connectivity index is 3.65. The smallest absolute Gasteiger partial charge is 0.326 e. The maximum absolute atomic E-state index is 12.3. The van der Waals surface area contributed by atoms with E-state index >= 15 is 0 Å². The largest absolute Gasteiger partial charge is 0.481 e. The molecule has 8 N–H and O–H groups in total. The molecule has 0 spiro atoms. The van der Waals surface area contributed by atoms with Gasteiger partial charge >= 0.3 is 11.9 Å². The Morgan fingerprint density at radius 2 is 0.967 bits per heavy atom. The minimum absolute atomic E-state index is 0.0274. The third kappa shape index (κ3) is 39.7. The van der Waals surface area contributed by atoms with Crippen LogP contribution in [0, 0.1) is 0 Å². The van der Waals surface area contributed by atoms with E-state index < -0.39 is 23.5 Å². The van der Waals surface area contributed by atoms with Crippen molar-refractivity contribution < 1.29 is 62.7 Å². The van der Waals surface area contributed by atoms with E-state index in [4.69, 9.17) is 29.8 Å². The summed E-state index contributed by atoms with van der Waals surface area (Å²) in [5.41, 5.74) is 4.91. The number of ether oxygens (including phenoxy) is 4. The SMILES string of the molecule is C[C@@](N)(C=O)CCCCNC(=O)COCCOCCNC(=O)COCCOCCNC(=O)CC[C@H](NC(=O)CCCCCCCCCCCCCCCCC(=O)O)C(=O)O. The first kappa shape index (κ1) is 56.3. The third-order valence-electron chi connectivity index (χ3n) is 9.42. The third-order valence-corrected chi connectivity index (χ3v) is 9.42. The summed E-state index contributed by atoms with van der Waals surface area (Å²) >= 11 is 0. The van der Waals surface area contributed by atoms with Crippen molar-refractivity contribution >= 4 is 41.9 Å². The average Bonchev–Trinajstić information content (AvgIpc) is 3.20. The van der Waals surface area contributed by atoms with Gasteiger partial charge in [-0.3, -0.25) is 24.0 Å². The monoisotopic (exact) mass is 860 g/mol. The van der Waals surface area contributed by atoms with Crippen LogP contribution in [-0.4, -0.2) is 136 Å². The standard InChI is InChI=1S/C42H77N5O13/c1-42(43,34-48)22-16-17-23-44-38(51)32-59-30-29-58-27-25-46-39(52)33-60-31-28-57-26-24-45-36(49)21-20-35(41(55)56)47-37(50)18-14-12-10-8-6-4-2-3-5-7-9-11-13-15-19-40(53)54/h34-35H,2-33,43H2,1H3,(H,44,51)(H,45,49)(H,46,52)(H,47,50)(H,53,54)(H,55,56)/t35-,42-/m0/s1. The van der Waals surface area contributed by atoms with Gasteiger partial charge in [-0.05, 0) is 45.4 Å². The second kappa shape index (κ2) is 39.4. The Hall–Kier alpha value is -3.71. The van der Waals surface area contributed by atoms with Crippen molar-refractivity contribution in [2.75, 3.05) is 72.5 Å². The molecule has 0 fully saturated rings. The van der Waals surface area contributed by atoms with E-state index in [0.29, 0.717) is 25.8 Å². The van der Waals surface area contributed by atoms with Gasteiger partial charge in [0.1, 0.15) is 25.5 Å². The molecule has 4 amide bonds. The molecular formula is C42H77N5O13. The summed E-state index contributed by atoms with van der Waals surface area (Å²) in [4.78, 5) is 81.1. The number of nitrogens with one attached hydrogen (secondary N) is 4. The van der Waals surface area contributed by atoms with Crippen LogP contribution in [0.5, 0.6) is 0 Å². The van der Waals surface area contributed by atoms with Crippen LogP contribution in [0.4, 0.5) is 0 Å². The van der Waals surface area contributed by atoms with Crippen molar-refractivity contribution in [3.63, 3.8) is 0 Å². The molecule has 0 saturated heterocycles. The van der Waals surface area contributed by atoms with Crippen LogP contribution in [0.2, 0.25) is 0 Å². The number of amides is 4. The van der Waals surface area contributed by atoms with Crippen molar-refractivity contribution in [1.29, 1.82) is 0 Å². The molecular weight excluding hydrogens is 782 g/mol. The number of aldehydes is 1. The highest BCUT2D eigenvalue weighted by Crippen LogP contribution is 2.14. The summed E-state index contributed by atoms with van der Waals surface area (Å²) in [5.74, 6) is -3.15. The summed E-state index contributed by atoms with van der Waals surface area (Å²) in [7, 11) is 0. The quantitative estimate of drug-likeness (QED) is 0.0343. The number of carboxylic acids is 2. The highest BCUT2D eigenvalue weighted by Gasteiger charge is 2.21. The van der Waals surface area contributed by atoms with Gasteiger partial charge in [-0.25, -0.2) is 4.79 Å². The number of carboxylic acid groups (broad SMARTS) is 2. The molecule has 0 aromatic heterocycles. The molecule has 0 radical (unpaired) electrons. The van der Waals surface area contributed by atoms with Crippen LogP contribution in [0.1, 0.15) is 142 Å². The first-order valence-electron chi connectivity index (χ1n) is 22.0. The lowest BCUT2D eigenvalue weighted by Crippen LogP contribution is -2.41. The molecule has 0 aliphatic carbocycles. The molecule has 0 aliphatic heterocycles. The van der Waals surface area contributed by atoms with Gasteiger partial charge in [-0.15, -0.1) is 0 Å². The summed E-state index contributed by atoms with van der Waals surface area (Å²) in [5, 5.41) is 28.7. The van der Waals surface area contributed by atoms with Crippen LogP contribution in [0.15, 0.2) is 0 Å². The molecule has 0 bridgehead atoms. The van der Waals surface area contributed by atoms with E-state index in [9.17, 15) is 38.7 Å². The van der Waals surface area contributed by atoms with Gasteiger partial charge in [-0.1, -0.05) is 77.0 Å². The van der Waals surface area contributed by atoms with Crippen LogP contribution in [0.3, 0.4) is 0 Å². The fourth-order valence-electron chi connectivity index (χ4n) is 5.89. The van der Waals surface area contributed by atoms with Crippen molar-refractivity contribution in [2.45, 2.75) is 153 Å². The molecule has 0 rings (SSSR count). The fraction of sp³-hybridized carbons (Fsp3) is 0.833. The zero-order valence-corrected chi connectivity index (χ0v) is 36.2. The van der Waals surface area contributed by atoms with E-state index in [1.165, 1.54) is 44.9 Å². The van der Waals surface area contributed by atoms with Gasteiger partial charge in [0.2, 0.25) is 23.6 Å². The van der Waals surface area contributed by atoms with Gasteiger partial charge in [0, 0.05) is 38.9 Å². The Labute approximate surface area is 356 Å². The van der Waals surface area contributed by atoms with Crippen LogP contribution >= 0.6 is 0 Å². The molecule has 0 aromatic carbocycles. The number of nitrogens with two attached hydrogens (primary N) is 1. The minimum Gasteiger partial charge on any atom is -0.481 e. The Kier molecular flexibility index (Phi) is 37.0. The summed E-state index contributed by atoms with van der Waals surface area (Å²) in [6.07, 6.45) is 18.2. The van der Waals surface area contributed by atoms with E-state index in [2.05, 4.69) is 21.3 Å². The number of rotatable bonds is 44. The van der Waals surface area contributed by atoms with Crippen molar-refractivity contribution in [2.24, 2.45) is 5.73 Å². The van der Waals surface area contributed by atoms with Gasteiger partial charge < -0.3 is 61.0 Å². The minimum atomic E-state index is -1.18. The fourth-order valence-corrected chi connectivity index (χ4v) is 5.89. The Bertz CT molecular complexity index is 1180. The van der Waals surface area contributed by atoms with Crippen LogP contribution in [0.25, 0.3) is 0 Å². The van der Waals surface area contributed by atoms with E-state index in [-0.39, 0.29) is 115 Å². The highest BCUT2D eigenvalue weighted by atomic mass is 16.5. The summed E-state index contributed by atoms with van der Waals surface area (Å²) in [6, 6.07) is -1.14. The van der Waals surface area contributed by atoms with Crippen molar-refractivity contribution in [1.82, 2.24) is 21.3 Å². The van der Waals surface area contributed by atoms with E-state index in [1.54, 1.807) is 6.92 Å². The number of hydrogen-bond acceptors (Lipinski definition) is 12. The molecule has 18 heteroatoms. The van der Waals surface area contributed by atoms with Gasteiger partial charge in [0.05, 0.1) is 45.2 Å². The van der Waals surface area contributed by atoms with Gasteiger partial charge in [0.25, 0.3) is 0 Å². The number of carbonyl (C=O) groups is 7. The Morgan fingerprint density at radius 3 is 1.43 bits per heavy atom. The molecule has 348 valence electrons. The molecule has 0 aliphatic rings. The lowest BCUT2D eigenvalue weighted by molar-refractivity contribution is -0.142. The zero-order valence-electron chi connectivity index (χ0n) is 36.2. The lowest BCUT2D eigenvalue weighted by atomic mass is 9.98. The second-order valence-corrected chi connectivity index (χ2v) is 15.3. The van der Waals surface area contributed by atoms with Crippen LogP contribution < -0.4 is 27.0 Å². The summed E-state index contributed by atoms with van der Waals surface area (Å²) in [6.45, 7) is 3.67. The predicted octanol–water partition coefficient (Wildman–Crippen LogP) is 3.16. The first-order valence-corrected chi connectivity index (χ1v) is 22.0. The maximum Gasteiger partial charge on any atom is 0.326 e. The molecule has 0 saturated carbocycles. The molecule has 60 heavy (non-hydrogen) atoms. The van der Waals surface area contributed by atoms with Gasteiger partial charge in [0.15, 0.2) is 0 Å². The predicted molar refractivity (Wildman–Crippen MR) is 225 cm³/mol. The molecule has 0 aromatic rings.